The number of anilines is 2. The van der Waals surface area contributed by atoms with E-state index < -0.39 is 12.7 Å². The van der Waals surface area contributed by atoms with E-state index in [0.29, 0.717) is 35.5 Å². The second-order valence-electron chi connectivity index (χ2n) is 9.16. The molecule has 0 aliphatic carbocycles. The van der Waals surface area contributed by atoms with Crippen LogP contribution in [0.4, 0.5) is 29.3 Å². The molecule has 4 N–H and O–H groups in total. The van der Waals surface area contributed by atoms with Crippen molar-refractivity contribution in [3.05, 3.63) is 89.2 Å². The number of urea groups is 1. The Balaban J connectivity index is 0.000000469. The third-order valence-electron chi connectivity index (χ3n) is 6.33. The van der Waals surface area contributed by atoms with Crippen molar-refractivity contribution in [1.29, 1.82) is 5.41 Å². The molecule has 0 spiro atoms. The summed E-state index contributed by atoms with van der Waals surface area (Å²) in [5, 5.41) is 11.4. The summed E-state index contributed by atoms with van der Waals surface area (Å²) in [5.74, 6) is 0. The zero-order valence-corrected chi connectivity index (χ0v) is 20.4. The van der Waals surface area contributed by atoms with Crippen LogP contribution < -0.4 is 11.1 Å². The highest BCUT2D eigenvalue weighted by molar-refractivity contribution is 6.14. The molecule has 37 heavy (non-hydrogen) atoms. The van der Waals surface area contributed by atoms with Gasteiger partial charge in [0.2, 0.25) is 0 Å². The number of carbonyl (C=O) groups is 1. The number of carbonyl (C=O) groups excluding carboxylic acids is 1. The Labute approximate surface area is 213 Å². The first-order chi connectivity index (χ1) is 17.6. The molecule has 3 aromatic rings. The van der Waals surface area contributed by atoms with Crippen LogP contribution >= 0.6 is 0 Å². The molecule has 5 rings (SSSR count). The summed E-state index contributed by atoms with van der Waals surface area (Å²) in [7, 11) is 0. The quantitative estimate of drug-likeness (QED) is 0.338. The summed E-state index contributed by atoms with van der Waals surface area (Å²) in [6.45, 7) is 1.58. The number of aromatic nitrogens is 1. The Hall–Kier alpha value is -3.92. The van der Waals surface area contributed by atoms with Gasteiger partial charge in [-0.3, -0.25) is 15.3 Å². The topological polar surface area (TPSA) is 98.3 Å². The molecule has 1 saturated heterocycles. The first-order valence-electron chi connectivity index (χ1n) is 11.9. The molecule has 194 valence electrons. The molecule has 3 heterocycles. The highest BCUT2D eigenvalue weighted by Gasteiger charge is 2.38. The molecule has 0 saturated carbocycles. The minimum atomic E-state index is -4.26. The number of hydrogen-bond acceptors (Lipinski definition) is 5. The Bertz CT molecular complexity index is 1240. The van der Waals surface area contributed by atoms with Crippen molar-refractivity contribution in [3.8, 4) is 0 Å². The fourth-order valence-corrected chi connectivity index (χ4v) is 4.57. The van der Waals surface area contributed by atoms with E-state index in [-0.39, 0.29) is 30.9 Å². The maximum absolute atomic E-state index is 12.7. The molecule has 2 aliphatic rings. The van der Waals surface area contributed by atoms with Gasteiger partial charge in [-0.2, -0.15) is 13.2 Å². The molecule has 2 aromatic carbocycles. The highest BCUT2D eigenvalue weighted by atomic mass is 19.4. The lowest BCUT2D eigenvalue weighted by molar-refractivity contribution is -0.143. The molecular weight excluding hydrogens is 481 g/mol. The number of nitrogens with one attached hydrogen (secondary N) is 2. The molecule has 7 nitrogen and oxygen atoms in total. The average molecular weight is 511 g/mol. The number of likely N-dealkylation sites (tertiary alicyclic amines) is 1. The van der Waals surface area contributed by atoms with E-state index in [4.69, 9.17) is 11.1 Å². The van der Waals surface area contributed by atoms with Crippen LogP contribution in [-0.4, -0.2) is 58.4 Å². The van der Waals surface area contributed by atoms with Crippen LogP contribution in [0.3, 0.4) is 0 Å². The lowest BCUT2D eigenvalue weighted by atomic mass is 9.96. The number of alkyl halides is 3. The maximum atomic E-state index is 12.7. The van der Waals surface area contributed by atoms with Crippen LogP contribution in [0.2, 0.25) is 0 Å². The lowest BCUT2D eigenvalue weighted by Crippen LogP contribution is -2.47. The Kier molecular flexibility index (Phi) is 7.77. The zero-order valence-electron chi connectivity index (χ0n) is 20.4. The molecule has 1 atom stereocenters. The number of benzene rings is 2. The number of pyridine rings is 1. The third-order valence-corrected chi connectivity index (χ3v) is 6.33. The lowest BCUT2D eigenvalue weighted by Gasteiger charge is -2.34. The highest BCUT2D eigenvalue weighted by Crippen LogP contribution is 2.32. The van der Waals surface area contributed by atoms with Crippen LogP contribution in [0, 0.1) is 12.3 Å². The summed E-state index contributed by atoms with van der Waals surface area (Å²) in [5.41, 5.74) is 10.1. The van der Waals surface area contributed by atoms with Gasteiger partial charge in [0.25, 0.3) is 0 Å². The van der Waals surface area contributed by atoms with E-state index in [1.54, 1.807) is 35.4 Å². The molecule has 2 amide bonds. The molecule has 0 bridgehead atoms. The summed E-state index contributed by atoms with van der Waals surface area (Å²) in [6, 6.07) is 18.3. The number of nitrogens with zero attached hydrogens (tertiary/aromatic N) is 3. The Morgan fingerprint density at radius 1 is 1.16 bits per heavy atom. The summed E-state index contributed by atoms with van der Waals surface area (Å²) in [4.78, 5) is 19.6. The van der Waals surface area contributed by atoms with Crippen molar-refractivity contribution in [3.63, 3.8) is 0 Å². The monoisotopic (exact) mass is 510 g/mol. The van der Waals surface area contributed by atoms with E-state index in [1.165, 1.54) is 4.90 Å². The number of nitrogens with two attached hydrogens (primary N) is 1. The average Bonchev–Trinajstić information content (AvgIpc) is 3.31. The molecule has 1 aromatic heterocycles. The minimum absolute atomic E-state index is 0.177. The van der Waals surface area contributed by atoms with E-state index in [9.17, 15) is 18.0 Å². The van der Waals surface area contributed by atoms with E-state index >= 15 is 0 Å². The van der Waals surface area contributed by atoms with E-state index in [0.717, 1.165) is 11.3 Å². The van der Waals surface area contributed by atoms with Gasteiger partial charge in [-0.05, 0) is 43.2 Å². The van der Waals surface area contributed by atoms with Gasteiger partial charge in [-0.25, -0.2) is 4.79 Å². The second-order valence-corrected chi connectivity index (χ2v) is 9.16. The van der Waals surface area contributed by atoms with Crippen LogP contribution in [0.25, 0.3) is 0 Å². The van der Waals surface area contributed by atoms with Gasteiger partial charge in [0.1, 0.15) is 0 Å². The van der Waals surface area contributed by atoms with E-state index in [2.05, 4.69) is 10.3 Å². The van der Waals surface area contributed by atoms with Gasteiger partial charge in [0, 0.05) is 60.1 Å². The van der Waals surface area contributed by atoms with Crippen molar-refractivity contribution in [2.24, 2.45) is 0 Å². The van der Waals surface area contributed by atoms with Crippen LogP contribution in [-0.2, 0) is 6.54 Å². The molecule has 10 heteroatoms. The number of halogens is 3. The standard InChI is InChI=1S/C21H23F3N6O.C6H6/c1-12-6-13(2-4-27-12)19(26)16-7-14-9-30(20(31)28-18(14)8-17(16)25)15-3-5-29(10-15)11-21(22,23)24;1-2-4-6-5-3-1/h2,4,6-8,15,26H,3,5,9-11,25H2,1H3,(H,28,31);1-6H. The van der Waals surface area contributed by atoms with Crippen LogP contribution in [0.1, 0.15) is 28.8 Å². The summed E-state index contributed by atoms with van der Waals surface area (Å²) in [6.07, 6.45) is -2.15. The van der Waals surface area contributed by atoms with Gasteiger partial charge >= 0.3 is 12.2 Å². The molecule has 1 unspecified atom stereocenters. The van der Waals surface area contributed by atoms with Gasteiger partial charge in [0.15, 0.2) is 0 Å². The second kappa shape index (κ2) is 11.0. The maximum Gasteiger partial charge on any atom is 0.401 e. The van der Waals surface area contributed by atoms with Gasteiger partial charge in [-0.15, -0.1) is 0 Å². The molecule has 1 fully saturated rings. The summed E-state index contributed by atoms with van der Waals surface area (Å²) >= 11 is 0. The number of amides is 2. The summed E-state index contributed by atoms with van der Waals surface area (Å²) < 4.78 is 38.1. The molecular formula is C27H29F3N6O. The number of rotatable bonds is 4. The fraction of sp³-hybridized carbons (Fsp3) is 0.296. The third kappa shape index (κ3) is 6.65. The number of hydrogen-bond donors (Lipinski definition) is 3. The van der Waals surface area contributed by atoms with Gasteiger partial charge < -0.3 is 16.0 Å². The van der Waals surface area contributed by atoms with E-state index in [1.807, 2.05) is 43.3 Å². The normalized spacial score (nSPS) is 17.5. The number of aryl methyl sites for hydroxylation is 1. The molecule has 2 aliphatic heterocycles. The predicted octanol–water partition coefficient (Wildman–Crippen LogP) is 5.06. The SMILES string of the molecule is Cc1cc(C(=N)c2cc3c(cc2N)NC(=O)N(C2CCN(CC(F)(F)F)C2)C3)ccn1.c1ccccc1. The number of nitrogen functional groups attached to an aromatic ring is 1. The number of fused-ring (bicyclic) bond motifs is 1. The van der Waals surface area contributed by atoms with Gasteiger partial charge in [-0.1, -0.05) is 36.4 Å². The Morgan fingerprint density at radius 2 is 1.84 bits per heavy atom. The van der Waals surface area contributed by atoms with Crippen molar-refractivity contribution < 1.29 is 18.0 Å². The van der Waals surface area contributed by atoms with Crippen LogP contribution in [0.5, 0.6) is 0 Å². The molecule has 0 radical (unpaired) electrons. The fourth-order valence-electron chi connectivity index (χ4n) is 4.57. The minimum Gasteiger partial charge on any atom is -0.398 e. The van der Waals surface area contributed by atoms with Crippen molar-refractivity contribution in [2.75, 3.05) is 30.7 Å². The van der Waals surface area contributed by atoms with Crippen LogP contribution in [0.15, 0.2) is 66.9 Å². The predicted molar refractivity (Wildman–Crippen MR) is 138 cm³/mol. The smallest absolute Gasteiger partial charge is 0.398 e. The first-order valence-corrected chi connectivity index (χ1v) is 11.9. The van der Waals surface area contributed by atoms with Gasteiger partial charge in [0.05, 0.1) is 12.3 Å². The largest absolute Gasteiger partial charge is 0.401 e. The first kappa shape index (κ1) is 26.2. The zero-order chi connectivity index (χ0) is 26.6. The van der Waals surface area contributed by atoms with Crippen molar-refractivity contribution >= 4 is 23.1 Å². The Morgan fingerprint density at radius 3 is 2.46 bits per heavy atom. The van der Waals surface area contributed by atoms with Crippen molar-refractivity contribution in [2.45, 2.75) is 32.1 Å². The van der Waals surface area contributed by atoms with Crippen molar-refractivity contribution in [1.82, 2.24) is 14.8 Å².